The second-order valence-electron chi connectivity index (χ2n) is 5.93. The molecule has 4 aliphatic rings. The molecule has 82 valence electrons. The highest BCUT2D eigenvalue weighted by Crippen LogP contribution is 2.65. The van der Waals surface area contributed by atoms with Crippen LogP contribution in [-0.2, 0) is 0 Å². The lowest BCUT2D eigenvalue weighted by Gasteiger charge is -2.64. The molecule has 4 bridgehead atoms. The maximum absolute atomic E-state index is 7.88. The third-order valence-electron chi connectivity index (χ3n) is 4.11. The second kappa shape index (κ2) is 2.68. The highest BCUT2D eigenvalue weighted by molar-refractivity contribution is 5.85. The standard InChI is InChI=1S/C12H21N.ClH/c1-10-3-9-4-11(2,6-10)8-12(13,5-9)7-10;/h9H,3-8,13H2,1-2H3;1H/t9?,10-,11+,12?;/i1+1D3,2+1D3;. The Bertz CT molecular complexity index is 387. The summed E-state index contributed by atoms with van der Waals surface area (Å²) >= 11 is 0. The SMILES string of the molecule is Cl.[2H][13C]([2H])([2H])[C@@]12CC3CC(N)(C1)C[C@]([13C]([2H])([2H])[2H])(C3)C2. The van der Waals surface area contributed by atoms with Crippen LogP contribution in [0.4, 0.5) is 0 Å². The maximum Gasteiger partial charge on any atom is 0.0236 e. The minimum absolute atomic E-state index is 0. The lowest BCUT2D eigenvalue weighted by Crippen LogP contribution is -2.62. The van der Waals surface area contributed by atoms with Gasteiger partial charge < -0.3 is 5.73 Å². The van der Waals surface area contributed by atoms with Crippen molar-refractivity contribution in [3.8, 4) is 0 Å². The molecule has 4 saturated carbocycles. The number of nitrogens with two attached hydrogens (primary N) is 1. The molecule has 0 aromatic carbocycles. The predicted molar refractivity (Wildman–Crippen MR) is 61.6 cm³/mol. The quantitative estimate of drug-likeness (QED) is 0.628. The monoisotopic (exact) mass is 223 g/mol. The van der Waals surface area contributed by atoms with E-state index in [0.29, 0.717) is 32.1 Å². The Morgan fingerprint density at radius 3 is 2.07 bits per heavy atom. The molecule has 0 amide bonds. The van der Waals surface area contributed by atoms with E-state index in [2.05, 4.69) is 0 Å². The molecule has 0 heterocycles. The minimum Gasteiger partial charge on any atom is -0.325 e. The molecule has 14 heavy (non-hydrogen) atoms. The van der Waals surface area contributed by atoms with Crippen LogP contribution in [0.5, 0.6) is 0 Å². The lowest BCUT2D eigenvalue weighted by molar-refractivity contribution is -0.104. The van der Waals surface area contributed by atoms with Gasteiger partial charge in [-0.25, -0.2) is 0 Å². The van der Waals surface area contributed by atoms with Crippen LogP contribution in [0.15, 0.2) is 0 Å². The molecule has 0 radical (unpaired) electrons. The van der Waals surface area contributed by atoms with Gasteiger partial charge in [0, 0.05) is 13.8 Å². The van der Waals surface area contributed by atoms with Gasteiger partial charge in [-0.2, -0.15) is 0 Å². The lowest BCUT2D eigenvalue weighted by atomic mass is 9.46. The van der Waals surface area contributed by atoms with Gasteiger partial charge in [0.05, 0.1) is 0 Å². The van der Waals surface area contributed by atoms with E-state index < -0.39 is 30.1 Å². The molecule has 0 spiro atoms. The Hall–Kier alpha value is 0.250. The van der Waals surface area contributed by atoms with Crippen LogP contribution < -0.4 is 5.73 Å². The Kier molecular flexibility index (Phi) is 1.06. The van der Waals surface area contributed by atoms with Crippen molar-refractivity contribution in [3.05, 3.63) is 0 Å². The fourth-order valence-electron chi connectivity index (χ4n) is 4.51. The van der Waals surface area contributed by atoms with Crippen molar-refractivity contribution >= 4 is 12.4 Å². The zero-order valence-corrected chi connectivity index (χ0v) is 9.12. The molecular formula is C12H22ClN. The van der Waals surface area contributed by atoms with Crippen LogP contribution in [0.1, 0.15) is 60.5 Å². The number of hydrogen-bond donors (Lipinski definition) is 1. The summed E-state index contributed by atoms with van der Waals surface area (Å²) in [6, 6.07) is 0. The molecule has 1 nitrogen and oxygen atoms in total. The smallest absolute Gasteiger partial charge is 0.0236 e. The molecule has 2 heteroatoms. The molecular weight excluding hydrogens is 196 g/mol. The van der Waals surface area contributed by atoms with Gasteiger partial charge in [0.15, 0.2) is 0 Å². The third kappa shape index (κ3) is 1.40. The summed E-state index contributed by atoms with van der Waals surface area (Å²) in [5.74, 6) is 0.169. The average Bonchev–Trinajstić information content (AvgIpc) is 2.09. The van der Waals surface area contributed by atoms with E-state index in [1.165, 1.54) is 0 Å². The predicted octanol–water partition coefficient (Wildman–Crippen LogP) is 3.12. The zero-order valence-electron chi connectivity index (χ0n) is 14.3. The van der Waals surface area contributed by atoms with Crippen molar-refractivity contribution in [1.82, 2.24) is 0 Å². The Labute approximate surface area is 102 Å². The summed E-state index contributed by atoms with van der Waals surface area (Å²) in [6.45, 7) is -4.21. The number of hydrogen-bond acceptors (Lipinski definition) is 1. The van der Waals surface area contributed by atoms with E-state index in [0.717, 1.165) is 6.42 Å². The molecule has 0 saturated heterocycles. The Morgan fingerprint density at radius 1 is 1.07 bits per heavy atom. The summed E-state index contributed by atoms with van der Waals surface area (Å²) in [5.41, 5.74) is 4.07. The third-order valence-corrected chi connectivity index (χ3v) is 4.11. The van der Waals surface area contributed by atoms with Crippen molar-refractivity contribution in [2.75, 3.05) is 0 Å². The van der Waals surface area contributed by atoms with E-state index in [9.17, 15) is 0 Å². The van der Waals surface area contributed by atoms with Gasteiger partial charge in [-0.3, -0.25) is 0 Å². The molecule has 0 aromatic heterocycles. The summed E-state index contributed by atoms with van der Waals surface area (Å²) in [7, 11) is 0. The average molecular weight is 224 g/mol. The first-order valence-electron chi connectivity index (χ1n) is 8.20. The summed E-state index contributed by atoms with van der Waals surface area (Å²) in [6.07, 6.45) is 3.27. The Morgan fingerprint density at radius 2 is 1.64 bits per heavy atom. The van der Waals surface area contributed by atoms with Gasteiger partial charge in [0.1, 0.15) is 0 Å². The van der Waals surface area contributed by atoms with Crippen LogP contribution in [0.2, 0.25) is 0 Å². The summed E-state index contributed by atoms with van der Waals surface area (Å²) < 4.78 is 47.3. The fraction of sp³-hybridized carbons (Fsp3) is 1.00. The van der Waals surface area contributed by atoms with Crippen molar-refractivity contribution < 1.29 is 8.22 Å². The van der Waals surface area contributed by atoms with Gasteiger partial charge >= 0.3 is 0 Å². The van der Waals surface area contributed by atoms with Crippen LogP contribution in [0.25, 0.3) is 0 Å². The number of rotatable bonds is 0. The zero-order chi connectivity index (χ0) is 14.3. The molecule has 0 aliphatic heterocycles. The highest BCUT2D eigenvalue weighted by atomic mass is 35.5. The highest BCUT2D eigenvalue weighted by Gasteiger charge is 2.58. The topological polar surface area (TPSA) is 26.0 Å². The van der Waals surface area contributed by atoms with E-state index >= 15 is 0 Å². The van der Waals surface area contributed by atoms with E-state index in [1.54, 1.807) is 0 Å². The van der Waals surface area contributed by atoms with Crippen LogP contribution in [0, 0.1) is 16.7 Å². The summed E-state index contributed by atoms with van der Waals surface area (Å²) in [4.78, 5) is 0. The first-order valence-corrected chi connectivity index (χ1v) is 5.20. The van der Waals surface area contributed by atoms with Crippen molar-refractivity contribution in [2.45, 2.75) is 57.8 Å². The minimum atomic E-state index is -2.10. The summed E-state index contributed by atoms with van der Waals surface area (Å²) in [5, 5.41) is 0. The number of halogens is 1. The molecule has 2 N–H and O–H groups in total. The van der Waals surface area contributed by atoms with Crippen molar-refractivity contribution in [3.63, 3.8) is 0 Å². The first kappa shape index (κ1) is 5.54. The molecule has 4 fully saturated rings. The van der Waals surface area contributed by atoms with Gasteiger partial charge in [0.25, 0.3) is 0 Å². The molecule has 4 rings (SSSR count). The van der Waals surface area contributed by atoms with Crippen LogP contribution >= 0.6 is 12.4 Å². The van der Waals surface area contributed by atoms with E-state index in [4.69, 9.17) is 14.0 Å². The second-order valence-corrected chi connectivity index (χ2v) is 5.93. The van der Waals surface area contributed by atoms with Crippen molar-refractivity contribution in [2.24, 2.45) is 22.5 Å². The van der Waals surface area contributed by atoms with Gasteiger partial charge in [-0.05, 0) is 55.3 Å². The van der Waals surface area contributed by atoms with Gasteiger partial charge in [-0.1, -0.05) is 13.7 Å². The Balaban J connectivity index is 0.00000147. The first-order chi connectivity index (χ1) is 8.41. The fourth-order valence-corrected chi connectivity index (χ4v) is 4.51. The van der Waals surface area contributed by atoms with Crippen LogP contribution in [0.3, 0.4) is 0 Å². The van der Waals surface area contributed by atoms with Crippen LogP contribution in [-0.4, -0.2) is 5.54 Å². The largest absolute Gasteiger partial charge is 0.325 e. The normalized spacial score (nSPS) is 67.9. The van der Waals surface area contributed by atoms with E-state index in [1.807, 2.05) is 0 Å². The van der Waals surface area contributed by atoms with Gasteiger partial charge in [0.2, 0.25) is 0 Å². The molecule has 2 unspecified atom stereocenters. The molecule has 0 aromatic rings. The van der Waals surface area contributed by atoms with Gasteiger partial charge in [-0.15, -0.1) is 12.4 Å². The van der Waals surface area contributed by atoms with Crippen molar-refractivity contribution in [1.29, 1.82) is 0 Å². The molecule has 4 atom stereocenters. The van der Waals surface area contributed by atoms with E-state index in [-0.39, 0.29) is 18.3 Å². The maximum atomic E-state index is 7.88. The molecule has 4 aliphatic carbocycles.